The van der Waals surface area contributed by atoms with E-state index in [2.05, 4.69) is 13.8 Å². The second-order valence-electron chi connectivity index (χ2n) is 12.0. The van der Waals surface area contributed by atoms with Crippen molar-refractivity contribution in [3.63, 3.8) is 0 Å². The van der Waals surface area contributed by atoms with Crippen molar-refractivity contribution < 1.29 is 9.47 Å². The first-order valence-electron chi connectivity index (χ1n) is 17.7. The maximum Gasteiger partial charge on any atom is 0.0930 e. The van der Waals surface area contributed by atoms with E-state index in [1.54, 1.807) is 0 Å². The maximum atomic E-state index is 5.97. The normalized spacial score (nSPS) is 12.4. The number of hydrogen-bond donors (Lipinski definition) is 1. The Morgan fingerprint density at radius 1 is 0.395 bits per heavy atom. The monoisotopic (exact) mass is 540 g/mol. The molecule has 2 N–H and O–H groups in total. The quantitative estimate of drug-likeness (QED) is 0.0827. The second kappa shape index (κ2) is 34.9. The lowest BCUT2D eigenvalue weighted by Gasteiger charge is -2.16. The van der Waals surface area contributed by atoms with Gasteiger partial charge in [0, 0.05) is 19.8 Å². The van der Waals surface area contributed by atoms with Crippen molar-refractivity contribution in [2.45, 2.75) is 200 Å². The molecular formula is C35H73NO2. The molecule has 0 rings (SSSR count). The summed E-state index contributed by atoms with van der Waals surface area (Å²) in [5, 5.41) is 0. The van der Waals surface area contributed by atoms with Crippen molar-refractivity contribution in [3.05, 3.63) is 0 Å². The van der Waals surface area contributed by atoms with Crippen molar-refractivity contribution in [2.75, 3.05) is 26.4 Å². The third-order valence-corrected chi connectivity index (χ3v) is 8.06. The molecule has 1 unspecified atom stereocenters. The molecule has 0 radical (unpaired) electrons. The number of ether oxygens (including phenoxy) is 2. The zero-order valence-corrected chi connectivity index (χ0v) is 26.6. The van der Waals surface area contributed by atoms with E-state index in [4.69, 9.17) is 15.2 Å². The van der Waals surface area contributed by atoms with Gasteiger partial charge in [-0.15, -0.1) is 0 Å². The fourth-order valence-electron chi connectivity index (χ4n) is 5.34. The van der Waals surface area contributed by atoms with Gasteiger partial charge in [-0.2, -0.15) is 0 Å². The highest BCUT2D eigenvalue weighted by Crippen LogP contribution is 2.14. The third-order valence-electron chi connectivity index (χ3n) is 8.06. The highest BCUT2D eigenvalue weighted by atomic mass is 16.5. The first-order valence-corrected chi connectivity index (χ1v) is 17.7. The van der Waals surface area contributed by atoms with Crippen molar-refractivity contribution in [1.82, 2.24) is 0 Å². The van der Waals surface area contributed by atoms with E-state index in [9.17, 15) is 0 Å². The van der Waals surface area contributed by atoms with E-state index in [0.717, 1.165) is 19.6 Å². The standard InChI is InChI=1S/C35H73NO2/c1-3-5-7-9-11-13-15-17-18-19-20-22-24-26-28-30-32-38-35(33-36)34-37-31-29-27-25-23-21-16-14-12-10-8-6-4-2/h35H,3-34,36H2,1-2H3. The Kier molecular flexibility index (Phi) is 34.8. The average molecular weight is 540 g/mol. The first-order chi connectivity index (χ1) is 18.8. The zero-order valence-electron chi connectivity index (χ0n) is 26.6. The minimum Gasteiger partial charge on any atom is -0.379 e. The van der Waals surface area contributed by atoms with E-state index < -0.39 is 0 Å². The molecule has 0 saturated carbocycles. The lowest BCUT2D eigenvalue weighted by Crippen LogP contribution is -2.29. The van der Waals surface area contributed by atoms with Gasteiger partial charge in [0.1, 0.15) is 0 Å². The molecule has 0 aromatic rings. The van der Waals surface area contributed by atoms with Gasteiger partial charge >= 0.3 is 0 Å². The molecule has 0 aliphatic rings. The van der Waals surface area contributed by atoms with Crippen LogP contribution in [0.2, 0.25) is 0 Å². The smallest absolute Gasteiger partial charge is 0.0930 e. The summed E-state index contributed by atoms with van der Waals surface area (Å²) in [6, 6.07) is 0. The van der Waals surface area contributed by atoms with Crippen LogP contribution in [0.1, 0.15) is 194 Å². The van der Waals surface area contributed by atoms with E-state index in [0.29, 0.717) is 13.2 Å². The molecule has 0 aromatic heterocycles. The minimum atomic E-state index is 0.0728. The van der Waals surface area contributed by atoms with Crippen molar-refractivity contribution >= 4 is 0 Å². The Hall–Kier alpha value is -0.120. The Bertz CT molecular complexity index is 403. The van der Waals surface area contributed by atoms with Gasteiger partial charge in [-0.25, -0.2) is 0 Å². The summed E-state index contributed by atoms with van der Waals surface area (Å²) in [5.41, 5.74) is 5.89. The summed E-state index contributed by atoms with van der Waals surface area (Å²) in [4.78, 5) is 0. The first kappa shape index (κ1) is 37.9. The minimum absolute atomic E-state index is 0.0728. The zero-order chi connectivity index (χ0) is 27.6. The average Bonchev–Trinajstić information content (AvgIpc) is 2.93. The van der Waals surface area contributed by atoms with Crippen LogP contribution in [0.5, 0.6) is 0 Å². The van der Waals surface area contributed by atoms with E-state index in [1.165, 1.54) is 173 Å². The molecule has 0 spiro atoms. The van der Waals surface area contributed by atoms with Crippen LogP contribution < -0.4 is 5.73 Å². The molecule has 0 saturated heterocycles. The van der Waals surface area contributed by atoms with Gasteiger partial charge in [-0.3, -0.25) is 0 Å². The lowest BCUT2D eigenvalue weighted by molar-refractivity contribution is -0.0136. The number of unbranched alkanes of at least 4 members (excludes halogenated alkanes) is 26. The van der Waals surface area contributed by atoms with Crippen LogP contribution in [0.15, 0.2) is 0 Å². The fraction of sp³-hybridized carbons (Fsp3) is 1.00. The van der Waals surface area contributed by atoms with Gasteiger partial charge in [0.25, 0.3) is 0 Å². The maximum absolute atomic E-state index is 5.97. The molecule has 3 heteroatoms. The van der Waals surface area contributed by atoms with Gasteiger partial charge in [0.15, 0.2) is 0 Å². The largest absolute Gasteiger partial charge is 0.379 e. The van der Waals surface area contributed by atoms with E-state index in [-0.39, 0.29) is 6.10 Å². The van der Waals surface area contributed by atoms with Crippen LogP contribution in [0.4, 0.5) is 0 Å². The van der Waals surface area contributed by atoms with Gasteiger partial charge in [0.05, 0.1) is 12.7 Å². The molecular weight excluding hydrogens is 466 g/mol. The van der Waals surface area contributed by atoms with E-state index >= 15 is 0 Å². The Balaban J connectivity index is 3.25. The molecule has 0 fully saturated rings. The molecule has 0 aromatic carbocycles. The summed E-state index contributed by atoms with van der Waals surface area (Å²) in [7, 11) is 0. The predicted octanol–water partition coefficient (Wildman–Crippen LogP) is 11.3. The Labute approximate surface area is 241 Å². The van der Waals surface area contributed by atoms with Crippen LogP contribution in [0.3, 0.4) is 0 Å². The van der Waals surface area contributed by atoms with Crippen molar-refractivity contribution in [2.24, 2.45) is 5.73 Å². The fourth-order valence-corrected chi connectivity index (χ4v) is 5.34. The molecule has 3 nitrogen and oxygen atoms in total. The van der Waals surface area contributed by atoms with Gasteiger partial charge in [-0.1, -0.05) is 181 Å². The molecule has 0 heterocycles. The summed E-state index contributed by atoms with van der Waals surface area (Å²) in [6.45, 7) is 7.51. The van der Waals surface area contributed by atoms with Crippen molar-refractivity contribution in [1.29, 1.82) is 0 Å². The summed E-state index contributed by atoms with van der Waals surface area (Å²) >= 11 is 0. The van der Waals surface area contributed by atoms with Crippen LogP contribution in [-0.2, 0) is 9.47 Å². The number of nitrogens with two attached hydrogens (primary N) is 1. The molecule has 0 amide bonds. The second-order valence-corrected chi connectivity index (χ2v) is 12.0. The lowest BCUT2D eigenvalue weighted by atomic mass is 10.0. The molecule has 230 valence electrons. The van der Waals surface area contributed by atoms with E-state index in [1.807, 2.05) is 0 Å². The highest BCUT2D eigenvalue weighted by molar-refractivity contribution is 4.58. The van der Waals surface area contributed by atoms with Crippen LogP contribution in [0.25, 0.3) is 0 Å². The van der Waals surface area contributed by atoms with Gasteiger partial charge in [0.2, 0.25) is 0 Å². The topological polar surface area (TPSA) is 44.5 Å². The Morgan fingerprint density at radius 3 is 1.00 bits per heavy atom. The molecule has 1 atom stereocenters. The number of rotatable bonds is 34. The SMILES string of the molecule is CCCCCCCCCCCCCCCCCCOC(CN)COCCCCCCCCCCCCCC. The van der Waals surface area contributed by atoms with Gasteiger partial charge < -0.3 is 15.2 Å². The van der Waals surface area contributed by atoms with Crippen LogP contribution in [-0.4, -0.2) is 32.5 Å². The van der Waals surface area contributed by atoms with Crippen LogP contribution >= 0.6 is 0 Å². The molecule has 38 heavy (non-hydrogen) atoms. The third kappa shape index (κ3) is 32.1. The summed E-state index contributed by atoms with van der Waals surface area (Å²) < 4.78 is 11.8. The summed E-state index contributed by atoms with van der Waals surface area (Å²) in [5.74, 6) is 0. The molecule has 0 aliphatic carbocycles. The van der Waals surface area contributed by atoms with Gasteiger partial charge in [-0.05, 0) is 12.8 Å². The highest BCUT2D eigenvalue weighted by Gasteiger charge is 2.07. The molecule has 0 aliphatic heterocycles. The predicted molar refractivity (Wildman–Crippen MR) is 170 cm³/mol. The summed E-state index contributed by atoms with van der Waals surface area (Å²) in [6.07, 6.45) is 39.1. The molecule has 0 bridgehead atoms. The van der Waals surface area contributed by atoms with Crippen molar-refractivity contribution in [3.8, 4) is 0 Å². The Morgan fingerprint density at radius 2 is 0.684 bits per heavy atom. The number of hydrogen-bond acceptors (Lipinski definition) is 3. The van der Waals surface area contributed by atoms with Crippen LogP contribution in [0, 0.1) is 0 Å².